The van der Waals surface area contributed by atoms with Crippen molar-refractivity contribution >= 4 is 0 Å². The average molecular weight is 168 g/mol. The summed E-state index contributed by atoms with van der Waals surface area (Å²) < 4.78 is 1.84. The summed E-state index contributed by atoms with van der Waals surface area (Å²) in [5, 5.41) is 13.5. The van der Waals surface area contributed by atoms with Crippen molar-refractivity contribution in [3.8, 4) is 0 Å². The lowest BCUT2D eigenvalue weighted by Crippen LogP contribution is -2.08. The molecule has 12 heavy (non-hydrogen) atoms. The highest BCUT2D eigenvalue weighted by atomic mass is 16.3. The first-order valence-electron chi connectivity index (χ1n) is 4.33. The molecule has 1 rings (SSSR count). The summed E-state index contributed by atoms with van der Waals surface area (Å²) in [6.45, 7) is 3.87. The van der Waals surface area contributed by atoms with E-state index in [1.807, 2.05) is 17.8 Å². The van der Waals surface area contributed by atoms with Crippen LogP contribution in [-0.2, 0) is 19.9 Å². The van der Waals surface area contributed by atoms with Crippen molar-refractivity contribution in [1.29, 1.82) is 0 Å². The first kappa shape index (κ1) is 9.26. The zero-order valence-electron chi connectivity index (χ0n) is 7.91. The molecule has 1 unspecified atom stereocenters. The van der Waals surface area contributed by atoms with E-state index >= 15 is 0 Å². The molecule has 1 aromatic heterocycles. The van der Waals surface area contributed by atoms with Gasteiger partial charge >= 0.3 is 0 Å². The molecule has 0 saturated heterocycles. The second-order valence-electron chi connectivity index (χ2n) is 3.16. The quantitative estimate of drug-likeness (QED) is 0.728. The number of aliphatic hydroxyl groups excluding tert-OH is 1. The fraction of sp³-hybridized carbons (Fsp3) is 0.667. The third-order valence-corrected chi connectivity index (χ3v) is 1.89. The van der Waals surface area contributed by atoms with Gasteiger partial charge in [0.05, 0.1) is 11.8 Å². The largest absolute Gasteiger partial charge is 0.393 e. The van der Waals surface area contributed by atoms with Gasteiger partial charge in [-0.15, -0.1) is 0 Å². The number of aromatic nitrogens is 2. The van der Waals surface area contributed by atoms with E-state index < -0.39 is 0 Å². The minimum absolute atomic E-state index is 0.287. The van der Waals surface area contributed by atoms with Crippen molar-refractivity contribution < 1.29 is 5.11 Å². The van der Waals surface area contributed by atoms with E-state index in [-0.39, 0.29) is 6.10 Å². The molecule has 0 radical (unpaired) electrons. The zero-order chi connectivity index (χ0) is 9.14. The molecule has 0 fully saturated rings. The Morgan fingerprint density at radius 3 is 2.75 bits per heavy atom. The van der Waals surface area contributed by atoms with Gasteiger partial charge in [0.15, 0.2) is 0 Å². The Bertz CT molecular complexity index is 253. The van der Waals surface area contributed by atoms with Crippen LogP contribution in [0.2, 0.25) is 0 Å². The fourth-order valence-electron chi connectivity index (χ4n) is 1.24. The van der Waals surface area contributed by atoms with Crippen LogP contribution < -0.4 is 0 Å². The highest BCUT2D eigenvalue weighted by Crippen LogP contribution is 2.06. The van der Waals surface area contributed by atoms with Crippen LogP contribution in [0.25, 0.3) is 0 Å². The molecule has 0 aliphatic carbocycles. The number of hydrogen-bond donors (Lipinski definition) is 1. The van der Waals surface area contributed by atoms with Gasteiger partial charge in [-0.1, -0.05) is 6.92 Å². The highest BCUT2D eigenvalue weighted by Gasteiger charge is 2.05. The molecule has 0 aliphatic rings. The van der Waals surface area contributed by atoms with Crippen molar-refractivity contribution in [2.45, 2.75) is 32.8 Å². The summed E-state index contributed by atoms with van der Waals surface area (Å²) in [5.74, 6) is 0. The third-order valence-electron chi connectivity index (χ3n) is 1.89. The Morgan fingerprint density at radius 2 is 2.33 bits per heavy atom. The van der Waals surface area contributed by atoms with Crippen molar-refractivity contribution in [2.24, 2.45) is 7.05 Å². The molecular weight excluding hydrogens is 152 g/mol. The predicted molar refractivity (Wildman–Crippen MR) is 48.0 cm³/mol. The molecule has 3 nitrogen and oxygen atoms in total. The lowest BCUT2D eigenvalue weighted by molar-refractivity contribution is 0.193. The zero-order valence-corrected chi connectivity index (χ0v) is 7.91. The Morgan fingerprint density at radius 1 is 1.67 bits per heavy atom. The minimum Gasteiger partial charge on any atom is -0.393 e. The Hall–Kier alpha value is -0.830. The maximum Gasteiger partial charge on any atom is 0.0624 e. The summed E-state index contributed by atoms with van der Waals surface area (Å²) in [4.78, 5) is 0. The van der Waals surface area contributed by atoms with Crippen LogP contribution in [0.15, 0.2) is 6.07 Å². The number of hydrogen-bond acceptors (Lipinski definition) is 2. The van der Waals surface area contributed by atoms with Gasteiger partial charge in [-0.25, -0.2) is 0 Å². The summed E-state index contributed by atoms with van der Waals surface area (Å²) in [6.07, 6.45) is 1.35. The normalized spacial score (nSPS) is 13.3. The van der Waals surface area contributed by atoms with E-state index in [4.69, 9.17) is 0 Å². The van der Waals surface area contributed by atoms with E-state index in [0.717, 1.165) is 17.8 Å². The molecule has 1 atom stereocenters. The van der Waals surface area contributed by atoms with Gasteiger partial charge in [0, 0.05) is 19.2 Å². The maximum absolute atomic E-state index is 9.17. The van der Waals surface area contributed by atoms with E-state index in [1.165, 1.54) is 0 Å². The Kier molecular flexibility index (Phi) is 2.87. The Balaban J connectivity index is 2.77. The van der Waals surface area contributed by atoms with Crippen LogP contribution in [0, 0.1) is 0 Å². The molecule has 0 saturated carbocycles. The molecule has 3 heteroatoms. The van der Waals surface area contributed by atoms with Gasteiger partial charge in [-0.2, -0.15) is 5.10 Å². The topological polar surface area (TPSA) is 38.0 Å². The van der Waals surface area contributed by atoms with Gasteiger partial charge in [0.1, 0.15) is 0 Å². The minimum atomic E-state index is -0.287. The molecule has 0 bridgehead atoms. The third kappa shape index (κ3) is 2.08. The molecule has 1 aromatic rings. The van der Waals surface area contributed by atoms with Crippen LogP contribution in [0.1, 0.15) is 25.2 Å². The number of aliphatic hydroxyl groups is 1. The van der Waals surface area contributed by atoms with Crippen LogP contribution >= 0.6 is 0 Å². The Labute approximate surface area is 73.0 Å². The SMILES string of the molecule is CCc1cc(CC(C)O)n(C)n1. The summed E-state index contributed by atoms with van der Waals surface area (Å²) in [7, 11) is 1.91. The smallest absolute Gasteiger partial charge is 0.0624 e. The lowest BCUT2D eigenvalue weighted by Gasteiger charge is -2.02. The average Bonchev–Trinajstić information content (AvgIpc) is 2.31. The number of rotatable bonds is 3. The monoisotopic (exact) mass is 168 g/mol. The number of aryl methyl sites for hydroxylation is 2. The molecule has 0 aromatic carbocycles. The van der Waals surface area contributed by atoms with Gasteiger partial charge < -0.3 is 5.11 Å². The highest BCUT2D eigenvalue weighted by molar-refractivity contribution is 5.10. The second-order valence-corrected chi connectivity index (χ2v) is 3.16. The summed E-state index contributed by atoms with van der Waals surface area (Å²) in [6, 6.07) is 2.05. The van der Waals surface area contributed by atoms with Crippen molar-refractivity contribution in [1.82, 2.24) is 9.78 Å². The predicted octanol–water partition coefficient (Wildman–Crippen LogP) is 0.906. The van der Waals surface area contributed by atoms with Gasteiger partial charge in [-0.3, -0.25) is 4.68 Å². The molecule has 1 N–H and O–H groups in total. The standard InChI is InChI=1S/C9H16N2O/c1-4-8-6-9(5-7(2)12)11(3)10-8/h6-7,12H,4-5H2,1-3H3. The van der Waals surface area contributed by atoms with Crippen LogP contribution in [0.4, 0.5) is 0 Å². The molecule has 68 valence electrons. The van der Waals surface area contributed by atoms with Crippen molar-refractivity contribution in [3.05, 3.63) is 17.5 Å². The van der Waals surface area contributed by atoms with E-state index in [9.17, 15) is 5.11 Å². The molecule has 0 spiro atoms. The molecular formula is C9H16N2O. The van der Waals surface area contributed by atoms with Crippen LogP contribution in [-0.4, -0.2) is 21.0 Å². The van der Waals surface area contributed by atoms with Crippen LogP contribution in [0.5, 0.6) is 0 Å². The van der Waals surface area contributed by atoms with E-state index in [1.54, 1.807) is 6.92 Å². The fourth-order valence-corrected chi connectivity index (χ4v) is 1.24. The molecule has 1 heterocycles. The van der Waals surface area contributed by atoms with Gasteiger partial charge in [0.2, 0.25) is 0 Å². The first-order valence-corrected chi connectivity index (χ1v) is 4.33. The van der Waals surface area contributed by atoms with E-state index in [0.29, 0.717) is 6.42 Å². The van der Waals surface area contributed by atoms with Crippen molar-refractivity contribution in [2.75, 3.05) is 0 Å². The number of nitrogens with zero attached hydrogens (tertiary/aromatic N) is 2. The summed E-state index contributed by atoms with van der Waals surface area (Å²) >= 11 is 0. The van der Waals surface area contributed by atoms with Gasteiger partial charge in [0.25, 0.3) is 0 Å². The first-order chi connectivity index (χ1) is 5.63. The van der Waals surface area contributed by atoms with Crippen LogP contribution in [0.3, 0.4) is 0 Å². The van der Waals surface area contributed by atoms with Gasteiger partial charge in [-0.05, 0) is 19.4 Å². The van der Waals surface area contributed by atoms with Crippen molar-refractivity contribution in [3.63, 3.8) is 0 Å². The lowest BCUT2D eigenvalue weighted by atomic mass is 10.2. The maximum atomic E-state index is 9.17. The summed E-state index contributed by atoms with van der Waals surface area (Å²) in [5.41, 5.74) is 2.19. The second kappa shape index (κ2) is 3.72. The molecule has 0 amide bonds. The van der Waals surface area contributed by atoms with E-state index in [2.05, 4.69) is 12.0 Å². The molecule has 0 aliphatic heterocycles.